The predicted octanol–water partition coefficient (Wildman–Crippen LogP) is 18.0. The first-order valence-corrected chi connectivity index (χ1v) is 27.1. The van der Waals surface area contributed by atoms with Crippen LogP contribution in [-0.2, 0) is 28.6 Å². The third-order valence-corrected chi connectivity index (χ3v) is 11.3. The van der Waals surface area contributed by atoms with Crippen molar-refractivity contribution in [3.63, 3.8) is 0 Å². The molecule has 0 unspecified atom stereocenters. The number of unbranched alkanes of at least 4 members (excludes halogenated alkanes) is 23. The maximum absolute atomic E-state index is 12.8. The third kappa shape index (κ3) is 51.4. The summed E-state index contributed by atoms with van der Waals surface area (Å²) in [5.74, 6) is -1.01. The summed E-state index contributed by atoms with van der Waals surface area (Å²) >= 11 is 0. The first-order chi connectivity index (χ1) is 32.0. The summed E-state index contributed by atoms with van der Waals surface area (Å²) < 4.78 is 16.7. The molecule has 0 amide bonds. The summed E-state index contributed by atoms with van der Waals surface area (Å²) in [5.41, 5.74) is 0. The number of allylic oxidation sites excluding steroid dienone is 14. The second-order valence-corrected chi connectivity index (χ2v) is 17.8. The summed E-state index contributed by atoms with van der Waals surface area (Å²) in [6.07, 6.45) is 68.6. The highest BCUT2D eigenvalue weighted by molar-refractivity contribution is 5.71. The van der Waals surface area contributed by atoms with Crippen LogP contribution in [0.1, 0.15) is 252 Å². The average molecular weight is 905 g/mol. The van der Waals surface area contributed by atoms with Crippen molar-refractivity contribution >= 4 is 17.9 Å². The van der Waals surface area contributed by atoms with E-state index in [9.17, 15) is 14.4 Å². The molecule has 0 spiro atoms. The van der Waals surface area contributed by atoms with Gasteiger partial charge in [0.25, 0.3) is 0 Å². The molecule has 0 saturated carbocycles. The van der Waals surface area contributed by atoms with Gasteiger partial charge in [-0.05, 0) is 116 Å². The second kappa shape index (κ2) is 53.2. The Hall–Kier alpha value is -3.41. The molecule has 65 heavy (non-hydrogen) atoms. The first kappa shape index (κ1) is 61.6. The van der Waals surface area contributed by atoms with Crippen molar-refractivity contribution in [3.8, 4) is 0 Å². The molecule has 0 N–H and O–H groups in total. The molecule has 0 saturated heterocycles. The highest BCUT2D eigenvalue weighted by Crippen LogP contribution is 2.13. The van der Waals surface area contributed by atoms with Crippen LogP contribution >= 0.6 is 0 Å². The van der Waals surface area contributed by atoms with Crippen LogP contribution in [0.2, 0.25) is 0 Å². The third-order valence-electron chi connectivity index (χ3n) is 11.3. The van der Waals surface area contributed by atoms with Crippen LogP contribution in [0.15, 0.2) is 85.1 Å². The van der Waals surface area contributed by atoms with Crippen molar-refractivity contribution in [2.45, 2.75) is 258 Å². The second-order valence-electron chi connectivity index (χ2n) is 17.8. The molecule has 0 aliphatic rings. The number of esters is 3. The minimum atomic E-state index is -0.820. The van der Waals surface area contributed by atoms with Gasteiger partial charge in [-0.25, -0.2) is 0 Å². The van der Waals surface area contributed by atoms with Crippen LogP contribution in [0, 0.1) is 0 Å². The lowest BCUT2D eigenvalue weighted by atomic mass is 10.1. The number of hydrogen-bond acceptors (Lipinski definition) is 6. The molecule has 0 fully saturated rings. The van der Waals surface area contributed by atoms with Crippen molar-refractivity contribution in [3.05, 3.63) is 85.1 Å². The minimum absolute atomic E-state index is 0.112. The highest BCUT2D eigenvalue weighted by atomic mass is 16.6. The van der Waals surface area contributed by atoms with Gasteiger partial charge < -0.3 is 14.2 Å². The van der Waals surface area contributed by atoms with Crippen molar-refractivity contribution in [2.75, 3.05) is 13.2 Å². The average Bonchev–Trinajstić information content (AvgIpc) is 3.30. The van der Waals surface area contributed by atoms with E-state index in [1.165, 1.54) is 122 Å². The van der Waals surface area contributed by atoms with E-state index in [-0.39, 0.29) is 44.0 Å². The molecular weight excluding hydrogens is 805 g/mol. The zero-order chi connectivity index (χ0) is 47.2. The topological polar surface area (TPSA) is 78.9 Å². The minimum Gasteiger partial charge on any atom is -0.462 e. The van der Waals surface area contributed by atoms with E-state index in [4.69, 9.17) is 14.2 Å². The van der Waals surface area contributed by atoms with Gasteiger partial charge in [0.05, 0.1) is 0 Å². The van der Waals surface area contributed by atoms with Gasteiger partial charge in [0.1, 0.15) is 13.2 Å². The Morgan fingerprint density at radius 2 is 0.569 bits per heavy atom. The van der Waals surface area contributed by atoms with Gasteiger partial charge in [0, 0.05) is 19.3 Å². The molecule has 0 rings (SSSR count). The number of carbonyl (C=O) groups is 3. The van der Waals surface area contributed by atoms with Gasteiger partial charge in [-0.1, -0.05) is 202 Å². The molecule has 0 heterocycles. The van der Waals surface area contributed by atoms with Crippen LogP contribution in [0.25, 0.3) is 0 Å². The Morgan fingerprint density at radius 3 is 1.00 bits per heavy atom. The zero-order valence-corrected chi connectivity index (χ0v) is 42.5. The van der Waals surface area contributed by atoms with Crippen LogP contribution in [0.3, 0.4) is 0 Å². The van der Waals surface area contributed by atoms with Gasteiger partial charge in [-0.3, -0.25) is 14.4 Å². The summed E-state index contributed by atoms with van der Waals surface area (Å²) in [6.45, 7) is 6.51. The van der Waals surface area contributed by atoms with Crippen molar-refractivity contribution in [1.82, 2.24) is 0 Å². The molecule has 372 valence electrons. The normalized spacial score (nSPS) is 12.7. The van der Waals surface area contributed by atoms with E-state index >= 15 is 0 Å². The number of rotatable bonds is 48. The van der Waals surface area contributed by atoms with E-state index in [0.29, 0.717) is 19.3 Å². The molecule has 6 nitrogen and oxygen atoms in total. The molecular formula is C59H100O6. The molecule has 0 bridgehead atoms. The monoisotopic (exact) mass is 905 g/mol. The number of ether oxygens (including phenoxy) is 3. The summed E-state index contributed by atoms with van der Waals surface area (Å²) in [4.78, 5) is 38.0. The Kier molecular flexibility index (Phi) is 50.4. The largest absolute Gasteiger partial charge is 0.462 e. The molecule has 1 atom stereocenters. The van der Waals surface area contributed by atoms with E-state index < -0.39 is 6.10 Å². The fourth-order valence-electron chi connectivity index (χ4n) is 7.22. The molecule has 0 aromatic carbocycles. The maximum Gasteiger partial charge on any atom is 0.306 e. The first-order valence-electron chi connectivity index (χ1n) is 27.1. The smallest absolute Gasteiger partial charge is 0.306 e. The van der Waals surface area contributed by atoms with Crippen LogP contribution in [0.5, 0.6) is 0 Å². The lowest BCUT2D eigenvalue weighted by Gasteiger charge is -2.18. The van der Waals surface area contributed by atoms with Gasteiger partial charge in [0.15, 0.2) is 6.10 Å². The molecule has 0 aliphatic heterocycles. The Labute approximate surface area is 401 Å². The van der Waals surface area contributed by atoms with E-state index in [0.717, 1.165) is 77.0 Å². The van der Waals surface area contributed by atoms with Crippen LogP contribution in [0.4, 0.5) is 0 Å². The van der Waals surface area contributed by atoms with Gasteiger partial charge in [-0.15, -0.1) is 0 Å². The van der Waals surface area contributed by atoms with E-state index in [1.54, 1.807) is 0 Å². The van der Waals surface area contributed by atoms with Crippen LogP contribution < -0.4 is 0 Å². The van der Waals surface area contributed by atoms with Crippen molar-refractivity contribution in [2.24, 2.45) is 0 Å². The van der Waals surface area contributed by atoms with E-state index in [2.05, 4.69) is 106 Å². The highest BCUT2D eigenvalue weighted by Gasteiger charge is 2.19. The standard InChI is InChI=1S/C59H100O6/c1-4-7-10-13-16-19-22-25-28-29-32-34-37-40-43-46-49-52-58(61)64-55-56(65-59(62)53-50-47-44-41-38-35-31-27-24-21-18-15-12-9-6-3)54-63-57(60)51-48-45-42-39-36-33-30-26-23-20-17-14-11-8-5-2/h18,21,25-28,30-32,34,38,40-41,43,56H,4-17,19-20,22-24,29,33,35-37,39,42,44-55H2,1-3H3/b21-18-,28-25-,30-26-,31-27-,34-32-,41-38-,43-40-/t56-/m0/s1. The van der Waals surface area contributed by atoms with Crippen molar-refractivity contribution in [1.29, 1.82) is 0 Å². The molecule has 6 heteroatoms. The molecule has 0 aliphatic carbocycles. The number of carbonyl (C=O) groups excluding carboxylic acids is 3. The predicted molar refractivity (Wildman–Crippen MR) is 279 cm³/mol. The lowest BCUT2D eigenvalue weighted by Crippen LogP contribution is -2.30. The summed E-state index contributed by atoms with van der Waals surface area (Å²) in [5, 5.41) is 0. The van der Waals surface area contributed by atoms with Crippen LogP contribution in [-0.4, -0.2) is 37.2 Å². The fraction of sp³-hybridized carbons (Fsp3) is 0.712. The molecule has 0 aromatic heterocycles. The van der Waals surface area contributed by atoms with Crippen molar-refractivity contribution < 1.29 is 28.6 Å². The zero-order valence-electron chi connectivity index (χ0n) is 42.5. The summed E-state index contributed by atoms with van der Waals surface area (Å²) in [7, 11) is 0. The van der Waals surface area contributed by atoms with Gasteiger partial charge in [0.2, 0.25) is 0 Å². The molecule has 0 radical (unpaired) electrons. The number of hydrogen-bond donors (Lipinski definition) is 0. The van der Waals surface area contributed by atoms with Gasteiger partial charge >= 0.3 is 17.9 Å². The van der Waals surface area contributed by atoms with E-state index in [1.807, 2.05) is 0 Å². The quantitative estimate of drug-likeness (QED) is 0.0262. The van der Waals surface area contributed by atoms with Gasteiger partial charge in [-0.2, -0.15) is 0 Å². The SMILES string of the molecule is CCCCC/C=C\C/C=C\C/C=C\CCCCC(=O)O[C@H](COC(=O)CCC/C=C\C/C=C\C/C=C\CCCCCCCC)COC(=O)CCCCCCC/C=C\CCCCCCCC. The Morgan fingerprint density at radius 1 is 0.308 bits per heavy atom. The summed E-state index contributed by atoms with van der Waals surface area (Å²) in [6, 6.07) is 0. The fourth-order valence-corrected chi connectivity index (χ4v) is 7.22. The molecule has 0 aromatic rings. The lowest BCUT2D eigenvalue weighted by molar-refractivity contribution is -0.167. The Bertz CT molecular complexity index is 1270. The maximum atomic E-state index is 12.8. The Balaban J connectivity index is 4.53.